The maximum Gasteiger partial charge on any atom is 0.227 e. The molecule has 8 nitrogen and oxygen atoms in total. The summed E-state index contributed by atoms with van der Waals surface area (Å²) in [6, 6.07) is 7.58. The Morgan fingerprint density at radius 1 is 1.35 bits per heavy atom. The van der Waals surface area contributed by atoms with E-state index >= 15 is 0 Å². The van der Waals surface area contributed by atoms with Gasteiger partial charge in [-0.15, -0.1) is 0 Å². The molecule has 0 saturated heterocycles. The number of aliphatic hydroxyl groups is 2. The molecule has 8 heteroatoms. The number of amides is 1. The molecule has 1 atom stereocenters. The second-order valence-electron chi connectivity index (χ2n) is 6.65. The fourth-order valence-corrected chi connectivity index (χ4v) is 3.34. The maximum atomic E-state index is 12.7. The fraction of sp³-hybridized carbons (Fsp3) is 0.389. The number of hydrogen-bond acceptors (Lipinski definition) is 5. The molecule has 3 N–H and O–H groups in total. The fourth-order valence-electron chi connectivity index (χ4n) is 3.34. The van der Waals surface area contributed by atoms with Crippen LogP contribution in [0.5, 0.6) is 0 Å². The van der Waals surface area contributed by atoms with Crippen molar-refractivity contribution in [3.63, 3.8) is 0 Å². The lowest BCUT2D eigenvalue weighted by atomic mass is 10.1. The van der Waals surface area contributed by atoms with E-state index in [2.05, 4.69) is 15.1 Å². The highest BCUT2D eigenvalue weighted by Crippen LogP contribution is 2.20. The number of nitrogens with one attached hydrogen (secondary N) is 1. The second kappa shape index (κ2) is 6.54. The minimum Gasteiger partial charge on any atom is -0.393 e. The highest BCUT2D eigenvalue weighted by Gasteiger charge is 2.24. The van der Waals surface area contributed by atoms with Gasteiger partial charge in [0.05, 0.1) is 48.5 Å². The molecule has 4 rings (SSSR count). The largest absolute Gasteiger partial charge is 0.393 e. The number of aromatic nitrogens is 4. The Morgan fingerprint density at radius 3 is 3.00 bits per heavy atom. The summed E-state index contributed by atoms with van der Waals surface area (Å²) in [6.45, 7) is 3.15. The van der Waals surface area contributed by atoms with Crippen molar-refractivity contribution in [2.24, 2.45) is 0 Å². The third-order valence-corrected chi connectivity index (χ3v) is 4.70. The molecule has 0 aliphatic carbocycles. The molecular formula is C18H21N5O3. The van der Waals surface area contributed by atoms with Gasteiger partial charge in [-0.25, -0.2) is 4.98 Å². The summed E-state index contributed by atoms with van der Waals surface area (Å²) in [5.74, 6) is 0.908. The van der Waals surface area contributed by atoms with Gasteiger partial charge in [-0.2, -0.15) is 5.10 Å². The molecule has 3 heterocycles. The van der Waals surface area contributed by atoms with Crippen LogP contribution in [0.15, 0.2) is 24.3 Å². The molecule has 26 heavy (non-hydrogen) atoms. The number of aryl methyl sites for hydroxylation is 1. The first-order valence-electron chi connectivity index (χ1n) is 8.62. The number of rotatable bonds is 4. The van der Waals surface area contributed by atoms with Crippen LogP contribution in [0.4, 0.5) is 0 Å². The summed E-state index contributed by atoms with van der Waals surface area (Å²) in [5, 5.41) is 23.1. The minimum absolute atomic E-state index is 0.0530. The van der Waals surface area contributed by atoms with Crippen molar-refractivity contribution in [3.8, 4) is 0 Å². The Balaban J connectivity index is 1.47. The van der Waals surface area contributed by atoms with Crippen molar-refractivity contribution in [1.82, 2.24) is 24.6 Å². The van der Waals surface area contributed by atoms with E-state index in [9.17, 15) is 9.90 Å². The van der Waals surface area contributed by atoms with Crippen LogP contribution in [0.1, 0.15) is 28.9 Å². The number of nitrogens with zero attached hydrogens (tertiary/aromatic N) is 4. The zero-order valence-corrected chi connectivity index (χ0v) is 14.5. The van der Waals surface area contributed by atoms with E-state index in [4.69, 9.17) is 5.11 Å². The first-order chi connectivity index (χ1) is 12.5. The Morgan fingerprint density at radius 2 is 2.19 bits per heavy atom. The normalized spacial score (nSPS) is 15.3. The number of carbonyl (C=O) groups excluding carboxylic acids is 1. The lowest BCUT2D eigenvalue weighted by molar-refractivity contribution is -0.132. The topological polar surface area (TPSA) is 107 Å². The summed E-state index contributed by atoms with van der Waals surface area (Å²) in [7, 11) is 0. The van der Waals surface area contributed by atoms with Crippen molar-refractivity contribution in [2.75, 3.05) is 13.2 Å². The molecule has 1 amide bonds. The smallest absolute Gasteiger partial charge is 0.227 e. The Labute approximate surface area is 150 Å². The monoisotopic (exact) mass is 355 g/mol. The molecule has 0 fully saturated rings. The average molecular weight is 355 g/mol. The number of benzene rings is 1. The summed E-state index contributed by atoms with van der Waals surface area (Å²) in [5.41, 5.74) is 4.09. The zero-order valence-electron chi connectivity index (χ0n) is 14.5. The van der Waals surface area contributed by atoms with E-state index in [0.717, 1.165) is 28.1 Å². The highest BCUT2D eigenvalue weighted by atomic mass is 16.3. The van der Waals surface area contributed by atoms with Crippen LogP contribution in [-0.4, -0.2) is 53.9 Å². The lowest BCUT2D eigenvalue weighted by Crippen LogP contribution is -2.39. The van der Waals surface area contributed by atoms with Crippen LogP contribution in [0.3, 0.4) is 0 Å². The number of aromatic amines is 1. The van der Waals surface area contributed by atoms with Crippen LogP contribution >= 0.6 is 0 Å². The zero-order chi connectivity index (χ0) is 18.3. The first-order valence-corrected chi connectivity index (χ1v) is 8.62. The van der Waals surface area contributed by atoms with Gasteiger partial charge in [0.25, 0.3) is 0 Å². The number of aliphatic hydroxyl groups excluding tert-OH is 2. The molecule has 1 aliphatic rings. The molecule has 0 spiro atoms. The molecule has 3 aromatic rings. The summed E-state index contributed by atoms with van der Waals surface area (Å²) >= 11 is 0. The summed E-state index contributed by atoms with van der Waals surface area (Å²) < 4.78 is 1.79. The second-order valence-corrected chi connectivity index (χ2v) is 6.65. The molecule has 0 unspecified atom stereocenters. The maximum absolute atomic E-state index is 12.7. The van der Waals surface area contributed by atoms with Crippen LogP contribution in [0, 0.1) is 6.92 Å². The van der Waals surface area contributed by atoms with Crippen LogP contribution < -0.4 is 0 Å². The summed E-state index contributed by atoms with van der Waals surface area (Å²) in [4.78, 5) is 22.1. The van der Waals surface area contributed by atoms with Gasteiger partial charge < -0.3 is 20.1 Å². The van der Waals surface area contributed by atoms with Crippen LogP contribution in [0.25, 0.3) is 11.0 Å². The predicted octanol–water partition coefficient (Wildman–Crippen LogP) is 0.678. The minimum atomic E-state index is -0.984. The number of fused-ring (bicyclic) bond motifs is 2. The molecule has 1 aromatic carbocycles. The Hall–Kier alpha value is -2.71. The highest BCUT2D eigenvalue weighted by molar-refractivity contribution is 5.82. The molecule has 2 aromatic heterocycles. The van der Waals surface area contributed by atoms with E-state index in [0.29, 0.717) is 31.7 Å². The van der Waals surface area contributed by atoms with Gasteiger partial charge in [0.15, 0.2) is 0 Å². The van der Waals surface area contributed by atoms with E-state index in [-0.39, 0.29) is 12.5 Å². The van der Waals surface area contributed by atoms with Gasteiger partial charge in [-0.3, -0.25) is 9.48 Å². The van der Waals surface area contributed by atoms with Gasteiger partial charge in [-0.05, 0) is 30.7 Å². The van der Waals surface area contributed by atoms with Crippen molar-refractivity contribution < 1.29 is 15.0 Å². The quantitative estimate of drug-likeness (QED) is 0.638. The van der Waals surface area contributed by atoms with Gasteiger partial charge in [-0.1, -0.05) is 6.07 Å². The van der Waals surface area contributed by atoms with Gasteiger partial charge in [0.2, 0.25) is 5.91 Å². The van der Waals surface area contributed by atoms with E-state index in [1.807, 2.05) is 25.1 Å². The van der Waals surface area contributed by atoms with Gasteiger partial charge in [0.1, 0.15) is 11.9 Å². The Bertz CT molecular complexity index is 961. The van der Waals surface area contributed by atoms with Crippen molar-refractivity contribution in [1.29, 1.82) is 0 Å². The van der Waals surface area contributed by atoms with Gasteiger partial charge >= 0.3 is 0 Å². The van der Waals surface area contributed by atoms with E-state index in [1.54, 1.807) is 15.6 Å². The standard InChI is InChI=1S/C18H21N5O3/c1-11-19-14-3-2-12(6-15(14)20-11)7-18(26)22-4-5-23-13(9-22)8-16(21-23)17(25)10-24/h2-3,6,8,17,24-25H,4-5,7,9-10H2,1H3,(H,19,20)/t17-/m1/s1. The SMILES string of the molecule is Cc1nc2ccc(CC(=O)N3CCn4nc([C@H](O)CO)cc4C3)cc2[nH]1. The lowest BCUT2D eigenvalue weighted by Gasteiger charge is -2.27. The molecular weight excluding hydrogens is 334 g/mol. The molecule has 0 bridgehead atoms. The number of carbonyl (C=O) groups is 1. The number of hydrogen-bond donors (Lipinski definition) is 3. The van der Waals surface area contributed by atoms with E-state index in [1.165, 1.54) is 0 Å². The van der Waals surface area contributed by atoms with Crippen molar-refractivity contribution >= 4 is 16.9 Å². The molecule has 136 valence electrons. The summed E-state index contributed by atoms with van der Waals surface area (Å²) in [6.07, 6.45) is -0.657. The first kappa shape index (κ1) is 16.7. The van der Waals surface area contributed by atoms with Crippen LogP contribution in [0.2, 0.25) is 0 Å². The third kappa shape index (κ3) is 3.09. The number of H-pyrrole nitrogens is 1. The predicted molar refractivity (Wildman–Crippen MR) is 94.2 cm³/mol. The van der Waals surface area contributed by atoms with Crippen LogP contribution in [-0.2, 0) is 24.3 Å². The third-order valence-electron chi connectivity index (χ3n) is 4.70. The van der Waals surface area contributed by atoms with E-state index < -0.39 is 6.10 Å². The van der Waals surface area contributed by atoms with Crippen molar-refractivity contribution in [2.45, 2.75) is 32.5 Å². The molecule has 0 radical (unpaired) electrons. The van der Waals surface area contributed by atoms with Gasteiger partial charge in [0, 0.05) is 6.54 Å². The average Bonchev–Trinajstić information content (AvgIpc) is 3.22. The van der Waals surface area contributed by atoms with Crippen molar-refractivity contribution in [3.05, 3.63) is 47.0 Å². The molecule has 1 aliphatic heterocycles. The Kier molecular flexibility index (Phi) is 4.21. The number of imidazole rings is 1. The molecule has 0 saturated carbocycles.